The average molecular weight is 334 g/mol. The first-order valence-electron chi connectivity index (χ1n) is 7.46. The molecule has 2 nitrogen and oxygen atoms in total. The highest BCUT2D eigenvalue weighted by molar-refractivity contribution is 6.35. The highest BCUT2D eigenvalue weighted by Crippen LogP contribution is 2.31. The second-order valence-electron chi connectivity index (χ2n) is 5.62. The fraction of sp³-hybridized carbons (Fsp3) is 0.278. The molecule has 0 bridgehead atoms. The molecule has 4 heteroatoms. The Labute approximate surface area is 140 Å². The third kappa shape index (κ3) is 3.29. The lowest BCUT2D eigenvalue weighted by Gasteiger charge is -2.25. The Balaban J connectivity index is 1.71. The zero-order valence-corrected chi connectivity index (χ0v) is 13.6. The van der Waals surface area contributed by atoms with Crippen LogP contribution in [0.1, 0.15) is 40.2 Å². The van der Waals surface area contributed by atoms with Gasteiger partial charge in [0.1, 0.15) is 0 Å². The van der Waals surface area contributed by atoms with Crippen LogP contribution in [-0.2, 0) is 6.42 Å². The molecule has 0 saturated carbocycles. The minimum atomic E-state index is -0.171. The second kappa shape index (κ2) is 6.72. The fourth-order valence-corrected chi connectivity index (χ4v) is 3.42. The summed E-state index contributed by atoms with van der Waals surface area (Å²) >= 11 is 12.0. The molecule has 0 aliphatic heterocycles. The van der Waals surface area contributed by atoms with Gasteiger partial charge in [-0.05, 0) is 48.6 Å². The van der Waals surface area contributed by atoms with Gasteiger partial charge < -0.3 is 5.32 Å². The SMILES string of the molecule is O=C(NCC1CCCc2ccccc21)c1cc(Cl)ccc1Cl. The highest BCUT2D eigenvalue weighted by Gasteiger charge is 2.21. The van der Waals surface area contributed by atoms with Crippen molar-refractivity contribution < 1.29 is 4.79 Å². The Hall–Kier alpha value is -1.51. The summed E-state index contributed by atoms with van der Waals surface area (Å²) in [7, 11) is 0. The number of fused-ring (bicyclic) bond motifs is 1. The molecule has 22 heavy (non-hydrogen) atoms. The van der Waals surface area contributed by atoms with Crippen LogP contribution in [0.3, 0.4) is 0 Å². The van der Waals surface area contributed by atoms with Crippen molar-refractivity contribution in [3.63, 3.8) is 0 Å². The van der Waals surface area contributed by atoms with Crippen LogP contribution >= 0.6 is 23.2 Å². The van der Waals surface area contributed by atoms with E-state index in [0.29, 0.717) is 28.1 Å². The summed E-state index contributed by atoms with van der Waals surface area (Å²) in [6.07, 6.45) is 3.39. The van der Waals surface area contributed by atoms with Crippen molar-refractivity contribution in [2.75, 3.05) is 6.54 Å². The molecular formula is C18H17Cl2NO. The molecule has 0 fully saturated rings. The molecule has 1 aliphatic rings. The third-order valence-corrected chi connectivity index (χ3v) is 4.74. The molecule has 0 aromatic heterocycles. The van der Waals surface area contributed by atoms with Crippen LogP contribution in [-0.4, -0.2) is 12.5 Å². The van der Waals surface area contributed by atoms with Crippen LogP contribution in [0.15, 0.2) is 42.5 Å². The minimum Gasteiger partial charge on any atom is -0.351 e. The van der Waals surface area contributed by atoms with E-state index in [1.807, 2.05) is 0 Å². The quantitative estimate of drug-likeness (QED) is 0.855. The van der Waals surface area contributed by atoms with E-state index in [1.165, 1.54) is 11.1 Å². The summed E-state index contributed by atoms with van der Waals surface area (Å²) in [6, 6.07) is 13.4. The number of nitrogens with one attached hydrogen (secondary N) is 1. The standard InChI is InChI=1S/C18H17Cl2NO/c19-14-8-9-17(20)16(10-14)18(22)21-11-13-6-3-5-12-4-1-2-7-15(12)13/h1-2,4,7-10,13H,3,5-6,11H2,(H,21,22). The van der Waals surface area contributed by atoms with E-state index < -0.39 is 0 Å². The molecule has 0 saturated heterocycles. The van der Waals surface area contributed by atoms with Gasteiger partial charge in [-0.1, -0.05) is 47.5 Å². The number of carbonyl (C=O) groups excluding carboxylic acids is 1. The largest absolute Gasteiger partial charge is 0.351 e. The zero-order chi connectivity index (χ0) is 15.5. The number of aryl methyl sites for hydroxylation is 1. The van der Waals surface area contributed by atoms with E-state index >= 15 is 0 Å². The maximum Gasteiger partial charge on any atom is 0.252 e. The molecule has 0 radical (unpaired) electrons. The Morgan fingerprint density at radius 1 is 1.18 bits per heavy atom. The fourth-order valence-electron chi connectivity index (χ4n) is 3.05. The van der Waals surface area contributed by atoms with E-state index in [-0.39, 0.29) is 5.91 Å². The normalized spacial score (nSPS) is 16.9. The zero-order valence-electron chi connectivity index (χ0n) is 12.1. The number of hydrogen-bond donors (Lipinski definition) is 1. The Morgan fingerprint density at radius 2 is 2.00 bits per heavy atom. The predicted octanol–water partition coefficient (Wildman–Crippen LogP) is 4.84. The van der Waals surface area contributed by atoms with Crippen molar-refractivity contribution in [1.82, 2.24) is 5.32 Å². The first-order valence-corrected chi connectivity index (χ1v) is 8.22. The number of rotatable bonds is 3. The molecule has 1 N–H and O–H groups in total. The maximum atomic E-state index is 12.3. The van der Waals surface area contributed by atoms with Gasteiger partial charge in [-0.15, -0.1) is 0 Å². The van der Waals surface area contributed by atoms with Gasteiger partial charge in [0.2, 0.25) is 0 Å². The summed E-state index contributed by atoms with van der Waals surface area (Å²) in [6.45, 7) is 0.624. The van der Waals surface area contributed by atoms with Crippen molar-refractivity contribution in [1.29, 1.82) is 0 Å². The first kappa shape index (κ1) is 15.4. The van der Waals surface area contributed by atoms with E-state index in [0.717, 1.165) is 19.3 Å². The molecule has 2 aromatic carbocycles. The van der Waals surface area contributed by atoms with Gasteiger partial charge in [-0.25, -0.2) is 0 Å². The number of halogens is 2. The van der Waals surface area contributed by atoms with Crippen LogP contribution in [0.5, 0.6) is 0 Å². The van der Waals surface area contributed by atoms with Gasteiger partial charge in [0.05, 0.1) is 10.6 Å². The summed E-state index contributed by atoms with van der Waals surface area (Å²) in [5.74, 6) is 0.197. The van der Waals surface area contributed by atoms with E-state index in [2.05, 4.69) is 29.6 Å². The summed E-state index contributed by atoms with van der Waals surface area (Å²) in [5.41, 5.74) is 3.18. The van der Waals surface area contributed by atoms with Gasteiger partial charge in [-0.3, -0.25) is 4.79 Å². The average Bonchev–Trinajstić information content (AvgIpc) is 2.54. The van der Waals surface area contributed by atoms with Crippen molar-refractivity contribution in [3.05, 3.63) is 69.2 Å². The van der Waals surface area contributed by atoms with Gasteiger partial charge in [0.25, 0.3) is 5.91 Å². The maximum absolute atomic E-state index is 12.3. The molecule has 1 aliphatic carbocycles. The van der Waals surface area contributed by atoms with Gasteiger partial charge in [0, 0.05) is 17.5 Å². The molecule has 2 aromatic rings. The molecule has 3 rings (SSSR count). The Morgan fingerprint density at radius 3 is 2.86 bits per heavy atom. The van der Waals surface area contributed by atoms with Gasteiger partial charge in [-0.2, -0.15) is 0 Å². The molecule has 114 valence electrons. The lowest BCUT2D eigenvalue weighted by atomic mass is 9.83. The topological polar surface area (TPSA) is 29.1 Å². The van der Waals surface area contributed by atoms with Crippen LogP contribution in [0, 0.1) is 0 Å². The molecule has 1 atom stereocenters. The second-order valence-corrected chi connectivity index (χ2v) is 6.47. The molecular weight excluding hydrogens is 317 g/mol. The van der Waals surface area contributed by atoms with Gasteiger partial charge >= 0.3 is 0 Å². The molecule has 1 unspecified atom stereocenters. The van der Waals surface area contributed by atoms with Crippen molar-refractivity contribution in [2.45, 2.75) is 25.2 Å². The third-order valence-electron chi connectivity index (χ3n) is 4.18. The van der Waals surface area contributed by atoms with Gasteiger partial charge in [0.15, 0.2) is 0 Å². The summed E-state index contributed by atoms with van der Waals surface area (Å²) < 4.78 is 0. The molecule has 0 spiro atoms. The van der Waals surface area contributed by atoms with Crippen molar-refractivity contribution in [2.24, 2.45) is 0 Å². The van der Waals surface area contributed by atoms with Crippen LogP contribution in [0.4, 0.5) is 0 Å². The Bertz CT molecular complexity index is 699. The number of benzene rings is 2. The monoisotopic (exact) mass is 333 g/mol. The first-order chi connectivity index (χ1) is 10.6. The predicted molar refractivity (Wildman–Crippen MR) is 90.9 cm³/mol. The lowest BCUT2D eigenvalue weighted by Crippen LogP contribution is -2.30. The van der Waals surface area contributed by atoms with Crippen molar-refractivity contribution in [3.8, 4) is 0 Å². The Kier molecular flexibility index (Phi) is 4.70. The van der Waals surface area contributed by atoms with Crippen LogP contribution in [0.25, 0.3) is 0 Å². The van der Waals surface area contributed by atoms with E-state index in [9.17, 15) is 4.79 Å². The van der Waals surface area contributed by atoms with E-state index in [1.54, 1.807) is 18.2 Å². The van der Waals surface area contributed by atoms with Crippen molar-refractivity contribution >= 4 is 29.1 Å². The van der Waals surface area contributed by atoms with Crippen LogP contribution in [0.2, 0.25) is 10.0 Å². The lowest BCUT2D eigenvalue weighted by molar-refractivity contribution is 0.0950. The van der Waals surface area contributed by atoms with E-state index in [4.69, 9.17) is 23.2 Å². The molecule has 1 amide bonds. The smallest absolute Gasteiger partial charge is 0.252 e. The molecule has 0 heterocycles. The number of carbonyl (C=O) groups is 1. The minimum absolute atomic E-state index is 0.171. The van der Waals surface area contributed by atoms with Crippen LogP contribution < -0.4 is 5.32 Å². The summed E-state index contributed by atoms with van der Waals surface area (Å²) in [4.78, 5) is 12.3. The number of amides is 1. The number of hydrogen-bond acceptors (Lipinski definition) is 1. The highest BCUT2D eigenvalue weighted by atomic mass is 35.5. The summed E-state index contributed by atoms with van der Waals surface area (Å²) in [5, 5.41) is 3.93.